The molecule has 0 fully saturated rings. The summed E-state index contributed by atoms with van der Waals surface area (Å²) in [5.41, 5.74) is 7.28. The van der Waals surface area contributed by atoms with Crippen LogP contribution in [-0.4, -0.2) is 17.4 Å². The van der Waals surface area contributed by atoms with Gasteiger partial charge in [0.15, 0.2) is 0 Å². The van der Waals surface area contributed by atoms with Gasteiger partial charge in [-0.1, -0.05) is 25.1 Å². The fourth-order valence-corrected chi connectivity index (χ4v) is 2.87. The van der Waals surface area contributed by atoms with Crippen LogP contribution in [0.25, 0.3) is 0 Å². The number of amides is 1. The van der Waals surface area contributed by atoms with Crippen molar-refractivity contribution in [1.29, 1.82) is 0 Å². The predicted octanol–water partition coefficient (Wildman–Crippen LogP) is 2.53. The molecule has 4 nitrogen and oxygen atoms in total. The second-order valence-electron chi connectivity index (χ2n) is 4.50. The van der Waals surface area contributed by atoms with Crippen LogP contribution in [0.2, 0.25) is 0 Å². The molecule has 20 heavy (non-hydrogen) atoms. The summed E-state index contributed by atoms with van der Waals surface area (Å²) >= 11 is 1.56. The first kappa shape index (κ1) is 14.7. The second-order valence-corrected chi connectivity index (χ2v) is 5.43. The van der Waals surface area contributed by atoms with Gasteiger partial charge >= 0.3 is 0 Å². The van der Waals surface area contributed by atoms with Crippen LogP contribution in [0.5, 0.6) is 0 Å². The van der Waals surface area contributed by atoms with E-state index in [0.717, 1.165) is 17.0 Å². The maximum atomic E-state index is 12.4. The van der Waals surface area contributed by atoms with Crippen molar-refractivity contribution >= 4 is 17.2 Å². The number of carbonyl (C=O) groups excluding carboxylic acids is 1. The Morgan fingerprint density at radius 1 is 1.45 bits per heavy atom. The Kier molecular flexibility index (Phi) is 5.26. The number of carbonyl (C=O) groups is 1. The number of benzene rings is 1. The molecule has 5 heteroatoms. The monoisotopic (exact) mass is 289 g/mol. The van der Waals surface area contributed by atoms with Crippen LogP contribution in [0.4, 0.5) is 0 Å². The molecule has 0 radical (unpaired) electrons. The number of nitrogens with two attached hydrogens (primary N) is 1. The molecule has 0 aliphatic carbocycles. The van der Waals surface area contributed by atoms with E-state index in [1.165, 1.54) is 0 Å². The third kappa shape index (κ3) is 3.43. The Labute approximate surface area is 123 Å². The van der Waals surface area contributed by atoms with Gasteiger partial charge in [0, 0.05) is 17.1 Å². The Bertz CT molecular complexity index is 554. The average molecular weight is 289 g/mol. The van der Waals surface area contributed by atoms with Crippen molar-refractivity contribution in [3.63, 3.8) is 0 Å². The van der Waals surface area contributed by atoms with Crippen LogP contribution in [0.15, 0.2) is 35.8 Å². The van der Waals surface area contributed by atoms with Crippen molar-refractivity contribution in [3.8, 4) is 0 Å². The fraction of sp³-hybridized carbons (Fsp3) is 0.333. The molecule has 1 atom stereocenters. The lowest BCUT2D eigenvalue weighted by atomic mass is 10.0. The molecule has 0 spiro atoms. The average Bonchev–Trinajstić information content (AvgIpc) is 2.99. The van der Waals surface area contributed by atoms with Gasteiger partial charge in [0.1, 0.15) is 5.01 Å². The lowest BCUT2D eigenvalue weighted by Crippen LogP contribution is -2.29. The molecular formula is C15H19N3OS. The van der Waals surface area contributed by atoms with E-state index in [1.807, 2.05) is 36.6 Å². The number of nitrogens with zero attached hydrogens (tertiary/aromatic N) is 1. The molecule has 1 aromatic heterocycles. The zero-order valence-corrected chi connectivity index (χ0v) is 12.3. The Balaban J connectivity index is 2.15. The molecule has 0 aliphatic heterocycles. The van der Waals surface area contributed by atoms with E-state index in [4.69, 9.17) is 5.73 Å². The highest BCUT2D eigenvalue weighted by molar-refractivity contribution is 7.09. The highest BCUT2D eigenvalue weighted by atomic mass is 32.1. The maximum absolute atomic E-state index is 12.4. The van der Waals surface area contributed by atoms with E-state index in [-0.39, 0.29) is 11.9 Å². The summed E-state index contributed by atoms with van der Waals surface area (Å²) in [6, 6.07) is 7.56. The number of aromatic nitrogens is 1. The zero-order chi connectivity index (χ0) is 14.4. The van der Waals surface area contributed by atoms with Crippen molar-refractivity contribution in [2.24, 2.45) is 5.73 Å². The minimum atomic E-state index is -0.0592. The van der Waals surface area contributed by atoms with Gasteiger partial charge in [0.2, 0.25) is 0 Å². The predicted molar refractivity (Wildman–Crippen MR) is 81.8 cm³/mol. The molecule has 3 N–H and O–H groups in total. The number of thiazole rings is 1. The van der Waals surface area contributed by atoms with E-state index in [1.54, 1.807) is 17.5 Å². The molecule has 0 saturated carbocycles. The van der Waals surface area contributed by atoms with Crippen molar-refractivity contribution in [1.82, 2.24) is 10.3 Å². The highest BCUT2D eigenvalue weighted by Crippen LogP contribution is 2.20. The molecule has 1 unspecified atom stereocenters. The normalized spacial score (nSPS) is 12.1. The molecular weight excluding hydrogens is 270 g/mol. The van der Waals surface area contributed by atoms with Gasteiger partial charge < -0.3 is 11.1 Å². The van der Waals surface area contributed by atoms with Crippen molar-refractivity contribution in [2.45, 2.75) is 25.8 Å². The minimum absolute atomic E-state index is 0.0339. The third-order valence-corrected chi connectivity index (χ3v) is 4.03. The second kappa shape index (κ2) is 7.17. The third-order valence-electron chi connectivity index (χ3n) is 3.14. The highest BCUT2D eigenvalue weighted by Gasteiger charge is 2.17. The van der Waals surface area contributed by atoms with Gasteiger partial charge in [-0.3, -0.25) is 4.79 Å². The summed E-state index contributed by atoms with van der Waals surface area (Å²) < 4.78 is 0. The lowest BCUT2D eigenvalue weighted by Gasteiger charge is -2.16. The zero-order valence-electron chi connectivity index (χ0n) is 11.5. The Hall–Kier alpha value is -1.72. The Morgan fingerprint density at radius 3 is 2.90 bits per heavy atom. The number of rotatable bonds is 6. The van der Waals surface area contributed by atoms with Crippen LogP contribution >= 0.6 is 11.3 Å². The standard InChI is InChI=1S/C15H19N3OS/c1-2-13(15-17-9-10-20-15)18-14(19)12-6-4-3-5-11(12)7-8-16/h3-6,9-10,13H,2,7-8,16H2,1H3,(H,18,19). The molecule has 2 rings (SSSR count). The van der Waals surface area contributed by atoms with Gasteiger partial charge in [0.05, 0.1) is 6.04 Å². The van der Waals surface area contributed by atoms with Gasteiger partial charge in [-0.05, 0) is 31.0 Å². The number of hydrogen-bond donors (Lipinski definition) is 2. The summed E-state index contributed by atoms with van der Waals surface area (Å²) in [7, 11) is 0. The number of hydrogen-bond acceptors (Lipinski definition) is 4. The lowest BCUT2D eigenvalue weighted by molar-refractivity contribution is 0.0934. The molecule has 0 bridgehead atoms. The number of nitrogens with one attached hydrogen (secondary N) is 1. The smallest absolute Gasteiger partial charge is 0.252 e. The van der Waals surface area contributed by atoms with E-state index in [0.29, 0.717) is 18.5 Å². The van der Waals surface area contributed by atoms with Crippen LogP contribution in [0.3, 0.4) is 0 Å². The molecule has 1 heterocycles. The first-order chi connectivity index (χ1) is 9.76. The van der Waals surface area contributed by atoms with Crippen LogP contribution < -0.4 is 11.1 Å². The first-order valence-corrected chi connectivity index (χ1v) is 7.62. The van der Waals surface area contributed by atoms with Gasteiger partial charge in [-0.25, -0.2) is 4.98 Å². The van der Waals surface area contributed by atoms with Crippen molar-refractivity contribution < 1.29 is 4.79 Å². The van der Waals surface area contributed by atoms with Gasteiger partial charge in [0.25, 0.3) is 5.91 Å². The van der Waals surface area contributed by atoms with Crippen LogP contribution in [0.1, 0.15) is 40.3 Å². The van der Waals surface area contributed by atoms with Crippen LogP contribution in [-0.2, 0) is 6.42 Å². The van der Waals surface area contributed by atoms with Crippen molar-refractivity contribution in [3.05, 3.63) is 52.0 Å². The Morgan fingerprint density at radius 2 is 2.25 bits per heavy atom. The first-order valence-electron chi connectivity index (χ1n) is 6.74. The maximum Gasteiger partial charge on any atom is 0.252 e. The summed E-state index contributed by atoms with van der Waals surface area (Å²) in [5, 5.41) is 5.92. The van der Waals surface area contributed by atoms with E-state index < -0.39 is 0 Å². The molecule has 2 aromatic rings. The molecule has 0 aliphatic rings. The van der Waals surface area contributed by atoms with E-state index >= 15 is 0 Å². The summed E-state index contributed by atoms with van der Waals surface area (Å²) in [4.78, 5) is 16.7. The summed E-state index contributed by atoms with van der Waals surface area (Å²) in [6.07, 6.45) is 3.28. The summed E-state index contributed by atoms with van der Waals surface area (Å²) in [6.45, 7) is 2.58. The van der Waals surface area contributed by atoms with Crippen molar-refractivity contribution in [2.75, 3.05) is 6.54 Å². The van der Waals surface area contributed by atoms with E-state index in [9.17, 15) is 4.79 Å². The minimum Gasteiger partial charge on any atom is -0.343 e. The fourth-order valence-electron chi connectivity index (χ4n) is 2.10. The molecule has 106 valence electrons. The molecule has 1 amide bonds. The summed E-state index contributed by atoms with van der Waals surface area (Å²) in [5.74, 6) is -0.0592. The van der Waals surface area contributed by atoms with Gasteiger partial charge in [-0.15, -0.1) is 11.3 Å². The SMILES string of the molecule is CCC(NC(=O)c1ccccc1CCN)c1nccs1. The quantitative estimate of drug-likeness (QED) is 0.858. The molecule has 1 aromatic carbocycles. The van der Waals surface area contributed by atoms with Gasteiger partial charge in [-0.2, -0.15) is 0 Å². The largest absolute Gasteiger partial charge is 0.343 e. The molecule has 0 saturated heterocycles. The topological polar surface area (TPSA) is 68.0 Å². The van der Waals surface area contributed by atoms with Crippen LogP contribution in [0, 0.1) is 0 Å². The van der Waals surface area contributed by atoms with E-state index in [2.05, 4.69) is 10.3 Å².